The van der Waals surface area contributed by atoms with Gasteiger partial charge in [0.2, 0.25) is 0 Å². The first-order chi connectivity index (χ1) is 9.34. The van der Waals surface area contributed by atoms with Gasteiger partial charge in [0, 0.05) is 21.2 Å². The zero-order chi connectivity index (χ0) is 14.8. The molecule has 0 saturated carbocycles. The third-order valence-corrected chi connectivity index (χ3v) is 4.53. The minimum absolute atomic E-state index is 0.341. The number of thiophene rings is 1. The second kappa shape index (κ2) is 6.28. The maximum absolute atomic E-state index is 12.4. The van der Waals surface area contributed by atoms with E-state index in [1.165, 1.54) is 23.5 Å². The molecule has 0 radical (unpaired) electrons. The van der Waals surface area contributed by atoms with Gasteiger partial charge in [0.25, 0.3) is 0 Å². The summed E-state index contributed by atoms with van der Waals surface area (Å²) in [6.07, 6.45) is -4.08. The lowest BCUT2D eigenvalue weighted by molar-refractivity contribution is -0.137. The van der Waals surface area contributed by atoms with E-state index in [4.69, 9.17) is 0 Å². The van der Waals surface area contributed by atoms with Crippen molar-refractivity contribution in [1.82, 2.24) is 0 Å². The highest BCUT2D eigenvalue weighted by Crippen LogP contribution is 2.29. The van der Waals surface area contributed by atoms with E-state index in [1.807, 2.05) is 11.4 Å². The van der Waals surface area contributed by atoms with E-state index in [9.17, 15) is 18.3 Å². The minimum atomic E-state index is -4.32. The lowest BCUT2D eigenvalue weighted by Gasteiger charge is -2.11. The van der Waals surface area contributed by atoms with Crippen LogP contribution in [0.15, 0.2) is 40.2 Å². The number of alkyl halides is 3. The molecule has 20 heavy (non-hydrogen) atoms. The maximum Gasteiger partial charge on any atom is 0.416 e. The number of benzene rings is 1. The predicted molar refractivity (Wildman–Crippen MR) is 76.9 cm³/mol. The number of halogens is 4. The van der Waals surface area contributed by atoms with Crippen molar-refractivity contribution in [3.63, 3.8) is 0 Å². The molecule has 1 unspecified atom stereocenters. The molecule has 0 aliphatic carbocycles. The van der Waals surface area contributed by atoms with Gasteiger partial charge in [0.1, 0.15) is 0 Å². The van der Waals surface area contributed by atoms with Gasteiger partial charge in [-0.2, -0.15) is 13.2 Å². The molecule has 1 aromatic carbocycles. The lowest BCUT2D eigenvalue weighted by Crippen LogP contribution is -2.13. The Balaban J connectivity index is 1.96. The quantitative estimate of drug-likeness (QED) is 0.835. The molecule has 1 heterocycles. The van der Waals surface area contributed by atoms with Gasteiger partial charge < -0.3 is 5.11 Å². The highest BCUT2D eigenvalue weighted by Gasteiger charge is 2.29. The van der Waals surface area contributed by atoms with Gasteiger partial charge in [0.15, 0.2) is 0 Å². The van der Waals surface area contributed by atoms with Gasteiger partial charge in [-0.05, 0) is 46.1 Å². The van der Waals surface area contributed by atoms with Crippen molar-refractivity contribution < 1.29 is 18.3 Å². The zero-order valence-corrected chi connectivity index (χ0v) is 12.7. The fraction of sp³-hybridized carbons (Fsp3) is 0.286. The lowest BCUT2D eigenvalue weighted by atomic mass is 10.0. The first-order valence-corrected chi connectivity index (χ1v) is 7.59. The topological polar surface area (TPSA) is 20.2 Å². The number of hydrogen-bond donors (Lipinski definition) is 1. The largest absolute Gasteiger partial charge is 0.416 e. The van der Waals surface area contributed by atoms with Gasteiger partial charge in [0.05, 0.1) is 11.7 Å². The Morgan fingerprint density at radius 1 is 1.15 bits per heavy atom. The average molecular weight is 365 g/mol. The molecule has 1 nitrogen and oxygen atoms in total. The number of aliphatic hydroxyl groups excluding tert-OH is 1. The Morgan fingerprint density at radius 3 is 2.30 bits per heavy atom. The van der Waals surface area contributed by atoms with Crippen LogP contribution in [-0.2, 0) is 19.0 Å². The van der Waals surface area contributed by atoms with Crippen LogP contribution in [0.2, 0.25) is 0 Å². The molecule has 1 atom stereocenters. The van der Waals surface area contributed by atoms with Crippen LogP contribution in [0.1, 0.15) is 16.0 Å². The summed E-state index contributed by atoms with van der Waals surface area (Å²) in [5.74, 6) is 0. The second-order valence-corrected chi connectivity index (χ2v) is 6.40. The minimum Gasteiger partial charge on any atom is -0.392 e. The molecular weight excluding hydrogens is 353 g/mol. The maximum atomic E-state index is 12.4. The molecule has 6 heteroatoms. The van der Waals surface area contributed by atoms with Crippen molar-refractivity contribution >= 4 is 27.3 Å². The molecule has 0 spiro atoms. The van der Waals surface area contributed by atoms with Crippen LogP contribution in [0.5, 0.6) is 0 Å². The zero-order valence-electron chi connectivity index (χ0n) is 10.3. The van der Waals surface area contributed by atoms with Gasteiger partial charge in [-0.15, -0.1) is 11.3 Å². The number of hydrogen-bond acceptors (Lipinski definition) is 2. The van der Waals surface area contributed by atoms with E-state index in [0.29, 0.717) is 18.4 Å². The third kappa shape index (κ3) is 4.33. The molecule has 2 rings (SSSR count). The van der Waals surface area contributed by atoms with Gasteiger partial charge in [-0.1, -0.05) is 12.1 Å². The van der Waals surface area contributed by atoms with E-state index >= 15 is 0 Å². The highest BCUT2D eigenvalue weighted by molar-refractivity contribution is 9.10. The molecule has 0 amide bonds. The molecule has 108 valence electrons. The third-order valence-electron chi connectivity index (χ3n) is 2.81. The Morgan fingerprint density at radius 2 is 1.80 bits per heavy atom. The SMILES string of the molecule is OC(Cc1ccc(C(F)(F)F)cc1)Cc1cc(Br)cs1. The van der Waals surface area contributed by atoms with E-state index in [0.717, 1.165) is 21.5 Å². The summed E-state index contributed by atoms with van der Waals surface area (Å²) in [6, 6.07) is 6.85. The number of rotatable bonds is 4. The van der Waals surface area contributed by atoms with E-state index in [-0.39, 0.29) is 0 Å². The highest BCUT2D eigenvalue weighted by atomic mass is 79.9. The van der Waals surface area contributed by atoms with Crippen LogP contribution in [0, 0.1) is 0 Å². The molecule has 0 fully saturated rings. The van der Waals surface area contributed by atoms with Crippen molar-refractivity contribution in [3.8, 4) is 0 Å². The molecule has 2 aromatic rings. The van der Waals surface area contributed by atoms with Crippen molar-refractivity contribution in [1.29, 1.82) is 0 Å². The summed E-state index contributed by atoms with van der Waals surface area (Å²) in [6.45, 7) is 0. The first-order valence-electron chi connectivity index (χ1n) is 5.91. The van der Waals surface area contributed by atoms with Crippen LogP contribution in [0.3, 0.4) is 0 Å². The molecule has 0 bridgehead atoms. The standard InChI is InChI=1S/C14H12BrF3OS/c15-11-6-13(20-8-11)7-12(19)5-9-1-3-10(4-2-9)14(16,17)18/h1-4,6,8,12,19H,5,7H2. The predicted octanol–water partition coefficient (Wildman–Crippen LogP) is 4.68. The van der Waals surface area contributed by atoms with Crippen molar-refractivity contribution in [2.45, 2.75) is 25.1 Å². The first kappa shape index (κ1) is 15.5. The van der Waals surface area contributed by atoms with Gasteiger partial charge in [-0.3, -0.25) is 0 Å². The fourth-order valence-electron chi connectivity index (χ4n) is 1.87. The van der Waals surface area contributed by atoms with Crippen LogP contribution >= 0.6 is 27.3 Å². The van der Waals surface area contributed by atoms with Gasteiger partial charge in [-0.25, -0.2) is 0 Å². The smallest absolute Gasteiger partial charge is 0.392 e. The summed E-state index contributed by atoms with van der Waals surface area (Å²) in [5.41, 5.74) is 0.0269. The normalized spacial score (nSPS) is 13.4. The van der Waals surface area contributed by atoms with E-state index in [1.54, 1.807) is 0 Å². The summed E-state index contributed by atoms with van der Waals surface area (Å²) < 4.78 is 38.2. The van der Waals surface area contributed by atoms with E-state index in [2.05, 4.69) is 15.9 Å². The average Bonchev–Trinajstić information content (AvgIpc) is 2.74. The molecule has 0 aliphatic rings. The Labute approximate surface area is 127 Å². The Bertz CT molecular complexity index is 563. The van der Waals surface area contributed by atoms with Crippen LogP contribution in [0.25, 0.3) is 0 Å². The van der Waals surface area contributed by atoms with Gasteiger partial charge >= 0.3 is 6.18 Å². The summed E-state index contributed by atoms with van der Waals surface area (Å²) >= 11 is 4.88. The second-order valence-electron chi connectivity index (χ2n) is 4.49. The summed E-state index contributed by atoms with van der Waals surface area (Å²) in [4.78, 5) is 1.04. The van der Waals surface area contributed by atoms with Crippen LogP contribution in [0.4, 0.5) is 13.2 Å². The molecule has 0 saturated heterocycles. The Hall–Kier alpha value is -0.850. The number of aliphatic hydroxyl groups is 1. The van der Waals surface area contributed by atoms with Crippen molar-refractivity contribution in [3.05, 3.63) is 56.2 Å². The van der Waals surface area contributed by atoms with Crippen LogP contribution < -0.4 is 0 Å². The molecule has 0 aliphatic heterocycles. The molecular formula is C14H12BrF3OS. The molecule has 1 aromatic heterocycles. The summed E-state index contributed by atoms with van der Waals surface area (Å²) in [7, 11) is 0. The van der Waals surface area contributed by atoms with Crippen molar-refractivity contribution in [2.24, 2.45) is 0 Å². The van der Waals surface area contributed by atoms with E-state index < -0.39 is 17.8 Å². The van der Waals surface area contributed by atoms with Crippen LogP contribution in [-0.4, -0.2) is 11.2 Å². The fourth-order valence-corrected chi connectivity index (χ4v) is 3.39. The monoisotopic (exact) mass is 364 g/mol. The summed E-state index contributed by atoms with van der Waals surface area (Å²) in [5, 5.41) is 11.9. The molecule has 1 N–H and O–H groups in total. The Kier molecular flexibility index (Phi) is 4.88. The van der Waals surface area contributed by atoms with Crippen molar-refractivity contribution in [2.75, 3.05) is 0 Å².